The molecule has 1 aliphatic rings. The highest BCUT2D eigenvalue weighted by Crippen LogP contribution is 2.22. The van der Waals surface area contributed by atoms with Crippen molar-refractivity contribution in [3.05, 3.63) is 33.8 Å². The van der Waals surface area contributed by atoms with Gasteiger partial charge in [0.15, 0.2) is 0 Å². The Morgan fingerprint density at radius 3 is 2.36 bits per heavy atom. The van der Waals surface area contributed by atoms with Crippen LogP contribution in [0.4, 0.5) is 4.79 Å². The standard InChI is InChI=1S/C15H19Cl2N3O2/c1-2-5-18-15(22)20-8-6-19(7-9-20)14(21)12-4-3-11(16)10-13(12)17/h3-4,10H,2,5-9H2,1H3,(H,18,22). The molecule has 0 unspecified atom stereocenters. The third kappa shape index (κ3) is 4.05. The fourth-order valence-corrected chi connectivity index (χ4v) is 2.78. The average molecular weight is 344 g/mol. The fraction of sp³-hybridized carbons (Fsp3) is 0.467. The fourth-order valence-electron chi connectivity index (χ4n) is 2.29. The van der Waals surface area contributed by atoms with Crippen molar-refractivity contribution >= 4 is 35.1 Å². The lowest BCUT2D eigenvalue weighted by molar-refractivity contribution is 0.0665. The van der Waals surface area contributed by atoms with Crippen molar-refractivity contribution in [2.75, 3.05) is 32.7 Å². The maximum atomic E-state index is 12.5. The Balaban J connectivity index is 1.93. The maximum absolute atomic E-state index is 12.5. The first-order chi connectivity index (χ1) is 10.5. The van der Waals surface area contributed by atoms with Gasteiger partial charge in [0, 0.05) is 37.7 Å². The van der Waals surface area contributed by atoms with E-state index in [4.69, 9.17) is 23.2 Å². The molecular formula is C15H19Cl2N3O2. The number of hydrogen-bond acceptors (Lipinski definition) is 2. The normalized spacial score (nSPS) is 14.9. The first-order valence-electron chi connectivity index (χ1n) is 7.30. The van der Waals surface area contributed by atoms with Gasteiger partial charge in [-0.15, -0.1) is 0 Å². The quantitative estimate of drug-likeness (QED) is 0.917. The molecule has 0 radical (unpaired) electrons. The molecule has 1 saturated heterocycles. The number of nitrogens with zero attached hydrogens (tertiary/aromatic N) is 2. The minimum absolute atomic E-state index is 0.0709. The molecule has 1 aliphatic heterocycles. The van der Waals surface area contributed by atoms with Crippen LogP contribution in [0, 0.1) is 0 Å². The van der Waals surface area contributed by atoms with Gasteiger partial charge in [-0.25, -0.2) is 4.79 Å². The lowest BCUT2D eigenvalue weighted by atomic mass is 10.2. The second-order valence-electron chi connectivity index (χ2n) is 5.14. The summed E-state index contributed by atoms with van der Waals surface area (Å²) in [6.07, 6.45) is 0.902. The van der Waals surface area contributed by atoms with Crippen LogP contribution in [0.5, 0.6) is 0 Å². The summed E-state index contributed by atoms with van der Waals surface area (Å²) in [6, 6.07) is 4.77. The summed E-state index contributed by atoms with van der Waals surface area (Å²) in [5.41, 5.74) is 0.440. The molecule has 0 aliphatic carbocycles. The number of halogens is 2. The zero-order chi connectivity index (χ0) is 16.1. The van der Waals surface area contributed by atoms with E-state index >= 15 is 0 Å². The third-order valence-electron chi connectivity index (χ3n) is 3.54. The van der Waals surface area contributed by atoms with Gasteiger partial charge in [0.25, 0.3) is 5.91 Å². The molecule has 22 heavy (non-hydrogen) atoms. The number of carbonyl (C=O) groups excluding carboxylic acids is 2. The highest BCUT2D eigenvalue weighted by Gasteiger charge is 2.25. The average Bonchev–Trinajstić information content (AvgIpc) is 2.52. The monoisotopic (exact) mass is 343 g/mol. The van der Waals surface area contributed by atoms with Gasteiger partial charge in [-0.2, -0.15) is 0 Å². The van der Waals surface area contributed by atoms with Gasteiger partial charge in [0.2, 0.25) is 0 Å². The molecule has 5 nitrogen and oxygen atoms in total. The van der Waals surface area contributed by atoms with Gasteiger partial charge in [0.05, 0.1) is 10.6 Å². The highest BCUT2D eigenvalue weighted by atomic mass is 35.5. The molecule has 1 heterocycles. The lowest BCUT2D eigenvalue weighted by Gasteiger charge is -2.34. The van der Waals surface area contributed by atoms with Crippen LogP contribution in [0.25, 0.3) is 0 Å². The number of piperazine rings is 1. The summed E-state index contributed by atoms with van der Waals surface area (Å²) in [5, 5.41) is 3.69. The smallest absolute Gasteiger partial charge is 0.317 e. The maximum Gasteiger partial charge on any atom is 0.317 e. The lowest BCUT2D eigenvalue weighted by Crippen LogP contribution is -2.53. The highest BCUT2D eigenvalue weighted by molar-refractivity contribution is 6.36. The van der Waals surface area contributed by atoms with E-state index in [1.54, 1.807) is 28.0 Å². The van der Waals surface area contributed by atoms with E-state index in [1.807, 2.05) is 6.92 Å². The van der Waals surface area contributed by atoms with Crippen molar-refractivity contribution in [2.45, 2.75) is 13.3 Å². The summed E-state index contributed by atoms with van der Waals surface area (Å²) in [4.78, 5) is 27.8. The van der Waals surface area contributed by atoms with Gasteiger partial charge >= 0.3 is 6.03 Å². The Hall–Kier alpha value is -1.46. The summed E-state index contributed by atoms with van der Waals surface area (Å²) < 4.78 is 0. The zero-order valence-electron chi connectivity index (χ0n) is 12.4. The van der Waals surface area contributed by atoms with Gasteiger partial charge in [-0.1, -0.05) is 30.1 Å². The van der Waals surface area contributed by atoms with Crippen molar-refractivity contribution in [2.24, 2.45) is 0 Å². The Kier molecular flexibility index (Phi) is 5.91. The van der Waals surface area contributed by atoms with Crippen LogP contribution in [0.3, 0.4) is 0 Å². The minimum atomic E-state index is -0.129. The molecule has 0 bridgehead atoms. The molecular weight excluding hydrogens is 325 g/mol. The Bertz CT molecular complexity index is 558. The summed E-state index contributed by atoms with van der Waals surface area (Å²) in [6.45, 7) is 4.71. The van der Waals surface area contributed by atoms with E-state index in [9.17, 15) is 9.59 Å². The SMILES string of the molecule is CCCNC(=O)N1CCN(C(=O)c2ccc(Cl)cc2Cl)CC1. The van der Waals surface area contributed by atoms with Crippen molar-refractivity contribution in [1.29, 1.82) is 0 Å². The van der Waals surface area contributed by atoms with Gasteiger partial charge in [0.1, 0.15) is 0 Å². The molecule has 1 aromatic carbocycles. The van der Waals surface area contributed by atoms with Gasteiger partial charge in [-0.05, 0) is 24.6 Å². The molecule has 120 valence electrons. The van der Waals surface area contributed by atoms with Crippen molar-refractivity contribution in [3.8, 4) is 0 Å². The van der Waals surface area contributed by atoms with Crippen LogP contribution < -0.4 is 5.32 Å². The van der Waals surface area contributed by atoms with Crippen LogP contribution in [-0.2, 0) is 0 Å². The molecule has 1 fully saturated rings. The first-order valence-corrected chi connectivity index (χ1v) is 8.05. The van der Waals surface area contributed by atoms with E-state index < -0.39 is 0 Å². The Morgan fingerprint density at radius 1 is 1.14 bits per heavy atom. The Labute approximate surface area is 140 Å². The van der Waals surface area contributed by atoms with E-state index in [2.05, 4.69) is 5.32 Å². The number of hydrogen-bond donors (Lipinski definition) is 1. The van der Waals surface area contributed by atoms with E-state index in [1.165, 1.54) is 0 Å². The molecule has 2 rings (SSSR count). The van der Waals surface area contributed by atoms with E-state index in [-0.39, 0.29) is 11.9 Å². The third-order valence-corrected chi connectivity index (χ3v) is 4.09. The summed E-state index contributed by atoms with van der Waals surface area (Å²) >= 11 is 11.9. The summed E-state index contributed by atoms with van der Waals surface area (Å²) in [7, 11) is 0. The van der Waals surface area contributed by atoms with Gasteiger partial charge < -0.3 is 15.1 Å². The number of benzene rings is 1. The molecule has 0 saturated carbocycles. The first kappa shape index (κ1) is 16.9. The second-order valence-corrected chi connectivity index (χ2v) is 5.98. The zero-order valence-corrected chi connectivity index (χ0v) is 14.0. The number of rotatable bonds is 3. The molecule has 3 amide bonds. The predicted molar refractivity (Wildman–Crippen MR) is 87.6 cm³/mol. The van der Waals surface area contributed by atoms with Crippen LogP contribution in [0.1, 0.15) is 23.7 Å². The van der Waals surface area contributed by atoms with Crippen LogP contribution in [0.15, 0.2) is 18.2 Å². The number of nitrogens with one attached hydrogen (secondary N) is 1. The predicted octanol–water partition coefficient (Wildman–Crippen LogP) is 2.87. The molecule has 7 heteroatoms. The molecule has 1 N–H and O–H groups in total. The largest absolute Gasteiger partial charge is 0.338 e. The molecule has 1 aromatic rings. The summed E-state index contributed by atoms with van der Waals surface area (Å²) in [5.74, 6) is -0.129. The Morgan fingerprint density at radius 2 is 1.77 bits per heavy atom. The number of amides is 3. The van der Waals surface area contributed by atoms with E-state index in [0.717, 1.165) is 6.42 Å². The van der Waals surface area contributed by atoms with Crippen molar-refractivity contribution < 1.29 is 9.59 Å². The van der Waals surface area contributed by atoms with Crippen molar-refractivity contribution in [1.82, 2.24) is 15.1 Å². The van der Waals surface area contributed by atoms with Crippen LogP contribution in [-0.4, -0.2) is 54.5 Å². The second kappa shape index (κ2) is 7.70. The van der Waals surface area contributed by atoms with Crippen molar-refractivity contribution in [3.63, 3.8) is 0 Å². The molecule has 0 spiro atoms. The van der Waals surface area contributed by atoms with Gasteiger partial charge in [-0.3, -0.25) is 4.79 Å². The van der Waals surface area contributed by atoms with Crippen LogP contribution in [0.2, 0.25) is 10.0 Å². The topological polar surface area (TPSA) is 52.7 Å². The minimum Gasteiger partial charge on any atom is -0.338 e. The van der Waals surface area contributed by atoms with E-state index in [0.29, 0.717) is 48.3 Å². The van der Waals surface area contributed by atoms with Crippen LogP contribution >= 0.6 is 23.2 Å². The molecule has 0 atom stereocenters. The number of carbonyl (C=O) groups is 2. The molecule has 0 aromatic heterocycles. The number of urea groups is 1.